The minimum Gasteiger partial charge on any atom is -0.497 e. The number of rotatable bonds is 4. The van der Waals surface area contributed by atoms with E-state index in [1.807, 2.05) is 41.8 Å². The molecule has 1 aromatic heterocycles. The third kappa shape index (κ3) is 2.61. The van der Waals surface area contributed by atoms with Crippen molar-refractivity contribution in [3.05, 3.63) is 46.7 Å². The first-order valence-corrected chi connectivity index (χ1v) is 7.75. The van der Waals surface area contributed by atoms with Crippen molar-refractivity contribution in [1.29, 1.82) is 0 Å². The van der Waals surface area contributed by atoms with Crippen LogP contribution in [0.1, 0.15) is 17.3 Å². The fourth-order valence-corrected chi connectivity index (χ4v) is 3.83. The zero-order valence-electron chi connectivity index (χ0n) is 11.7. The first-order chi connectivity index (χ1) is 10.2. The van der Waals surface area contributed by atoms with Crippen LogP contribution in [0.15, 0.2) is 41.8 Å². The molecule has 0 bridgehead atoms. The van der Waals surface area contributed by atoms with E-state index >= 15 is 0 Å². The number of carbonyl (C=O) groups is 1. The lowest BCUT2D eigenvalue weighted by molar-refractivity contribution is -0.141. The predicted molar refractivity (Wildman–Crippen MR) is 83.1 cm³/mol. The first-order valence-electron chi connectivity index (χ1n) is 6.87. The number of thiophene rings is 1. The molecule has 0 aliphatic carbocycles. The SMILES string of the molecule is COc1ccc(N2CCC(C(=O)O)C2c2cccs2)cc1. The van der Waals surface area contributed by atoms with Gasteiger partial charge in [-0.3, -0.25) is 4.79 Å². The van der Waals surface area contributed by atoms with Crippen LogP contribution in [0, 0.1) is 5.92 Å². The summed E-state index contributed by atoms with van der Waals surface area (Å²) < 4.78 is 5.18. The summed E-state index contributed by atoms with van der Waals surface area (Å²) in [5, 5.41) is 11.5. The van der Waals surface area contributed by atoms with Crippen molar-refractivity contribution in [1.82, 2.24) is 0 Å². The van der Waals surface area contributed by atoms with E-state index in [9.17, 15) is 9.90 Å². The second-order valence-corrected chi connectivity index (χ2v) is 6.06. The third-order valence-corrected chi connectivity index (χ3v) is 4.90. The maximum atomic E-state index is 11.5. The van der Waals surface area contributed by atoms with Crippen molar-refractivity contribution in [3.63, 3.8) is 0 Å². The molecule has 2 atom stereocenters. The summed E-state index contributed by atoms with van der Waals surface area (Å²) in [5.41, 5.74) is 1.04. The van der Waals surface area contributed by atoms with E-state index in [1.54, 1.807) is 18.4 Å². The molecule has 4 nitrogen and oxygen atoms in total. The summed E-state index contributed by atoms with van der Waals surface area (Å²) in [5.74, 6) is -0.268. The number of hydrogen-bond acceptors (Lipinski definition) is 4. The lowest BCUT2D eigenvalue weighted by Gasteiger charge is -2.28. The Bertz CT molecular complexity index is 609. The molecule has 0 radical (unpaired) electrons. The average Bonchev–Trinajstić information content (AvgIpc) is 3.16. The minimum absolute atomic E-state index is 0.0871. The van der Waals surface area contributed by atoms with Gasteiger partial charge in [0.25, 0.3) is 0 Å². The van der Waals surface area contributed by atoms with E-state index in [0.717, 1.165) is 22.9 Å². The molecule has 1 fully saturated rings. The monoisotopic (exact) mass is 303 g/mol. The number of methoxy groups -OCH3 is 1. The number of hydrogen-bond donors (Lipinski definition) is 1. The number of anilines is 1. The Balaban J connectivity index is 1.94. The number of benzene rings is 1. The minimum atomic E-state index is -0.718. The number of ether oxygens (including phenoxy) is 1. The maximum absolute atomic E-state index is 11.5. The second kappa shape index (κ2) is 5.77. The summed E-state index contributed by atoms with van der Waals surface area (Å²) in [6.07, 6.45) is 0.671. The largest absolute Gasteiger partial charge is 0.497 e. The van der Waals surface area contributed by atoms with Crippen molar-refractivity contribution >= 4 is 23.0 Å². The highest BCUT2D eigenvalue weighted by Gasteiger charge is 2.40. The smallest absolute Gasteiger partial charge is 0.309 e. The highest BCUT2D eigenvalue weighted by molar-refractivity contribution is 7.10. The van der Waals surface area contributed by atoms with Gasteiger partial charge in [0.1, 0.15) is 5.75 Å². The summed E-state index contributed by atoms with van der Waals surface area (Å²) in [4.78, 5) is 14.8. The molecular weight excluding hydrogens is 286 g/mol. The van der Waals surface area contributed by atoms with Gasteiger partial charge in [-0.05, 0) is 42.1 Å². The first kappa shape index (κ1) is 13.9. The van der Waals surface area contributed by atoms with Gasteiger partial charge in [0.2, 0.25) is 0 Å². The second-order valence-electron chi connectivity index (χ2n) is 5.09. The summed E-state index contributed by atoms with van der Waals surface area (Å²) in [7, 11) is 1.64. The Labute approximate surface area is 127 Å². The fourth-order valence-electron chi connectivity index (χ4n) is 2.93. The van der Waals surface area contributed by atoms with Gasteiger partial charge >= 0.3 is 5.97 Å². The number of nitrogens with zero attached hydrogens (tertiary/aromatic N) is 1. The third-order valence-electron chi connectivity index (χ3n) is 3.95. The molecule has 21 heavy (non-hydrogen) atoms. The van der Waals surface area contributed by atoms with E-state index in [2.05, 4.69) is 4.90 Å². The topological polar surface area (TPSA) is 49.8 Å². The van der Waals surface area contributed by atoms with Gasteiger partial charge in [0.05, 0.1) is 19.1 Å². The number of carboxylic acid groups (broad SMARTS) is 1. The highest BCUT2D eigenvalue weighted by Crippen LogP contribution is 2.42. The van der Waals surface area contributed by atoms with Crippen molar-refractivity contribution in [2.45, 2.75) is 12.5 Å². The fraction of sp³-hybridized carbons (Fsp3) is 0.312. The molecule has 2 unspecified atom stereocenters. The molecular formula is C16H17NO3S. The normalized spacial score (nSPS) is 21.5. The zero-order chi connectivity index (χ0) is 14.8. The van der Waals surface area contributed by atoms with Crippen LogP contribution in [-0.4, -0.2) is 24.7 Å². The lowest BCUT2D eigenvalue weighted by atomic mass is 9.99. The van der Waals surface area contributed by atoms with Gasteiger partial charge in [0, 0.05) is 17.1 Å². The van der Waals surface area contributed by atoms with Gasteiger partial charge in [-0.2, -0.15) is 0 Å². The van der Waals surface area contributed by atoms with E-state index in [1.165, 1.54) is 0 Å². The maximum Gasteiger partial charge on any atom is 0.309 e. The average molecular weight is 303 g/mol. The Morgan fingerprint density at radius 3 is 2.67 bits per heavy atom. The molecule has 3 rings (SSSR count). The standard InChI is InChI=1S/C16H17NO3S/c1-20-12-6-4-11(5-7-12)17-9-8-13(16(18)19)15(17)14-3-2-10-21-14/h2-7,10,13,15H,8-9H2,1H3,(H,18,19). The quantitative estimate of drug-likeness (QED) is 0.940. The molecule has 5 heteroatoms. The zero-order valence-corrected chi connectivity index (χ0v) is 12.5. The van der Waals surface area contributed by atoms with Crippen LogP contribution in [0.5, 0.6) is 5.75 Å². The predicted octanol–water partition coefficient (Wildman–Crippen LogP) is 3.41. The highest BCUT2D eigenvalue weighted by atomic mass is 32.1. The lowest BCUT2D eigenvalue weighted by Crippen LogP contribution is -2.27. The van der Waals surface area contributed by atoms with E-state index in [4.69, 9.17) is 4.74 Å². The molecule has 0 amide bonds. The molecule has 1 aliphatic rings. The van der Waals surface area contributed by atoms with E-state index in [0.29, 0.717) is 6.42 Å². The van der Waals surface area contributed by atoms with Crippen LogP contribution >= 0.6 is 11.3 Å². The molecule has 1 N–H and O–H groups in total. The van der Waals surface area contributed by atoms with Crippen molar-refractivity contribution in [2.75, 3.05) is 18.6 Å². The molecule has 1 aliphatic heterocycles. The van der Waals surface area contributed by atoms with Crippen LogP contribution in [0.2, 0.25) is 0 Å². The molecule has 0 spiro atoms. The van der Waals surface area contributed by atoms with Gasteiger partial charge in [0.15, 0.2) is 0 Å². The Morgan fingerprint density at radius 2 is 2.10 bits per heavy atom. The van der Waals surface area contributed by atoms with Crippen LogP contribution in [0.4, 0.5) is 5.69 Å². The van der Waals surface area contributed by atoms with Crippen LogP contribution in [0.3, 0.4) is 0 Å². The molecule has 2 heterocycles. The molecule has 110 valence electrons. The summed E-state index contributed by atoms with van der Waals surface area (Å²) in [6, 6.07) is 11.7. The number of aliphatic carboxylic acids is 1. The Kier molecular flexibility index (Phi) is 3.84. The summed E-state index contributed by atoms with van der Waals surface area (Å²) in [6.45, 7) is 0.756. The van der Waals surface area contributed by atoms with Crippen molar-refractivity contribution < 1.29 is 14.6 Å². The van der Waals surface area contributed by atoms with Gasteiger partial charge in [-0.15, -0.1) is 11.3 Å². The van der Waals surface area contributed by atoms with E-state index in [-0.39, 0.29) is 12.0 Å². The van der Waals surface area contributed by atoms with Gasteiger partial charge in [-0.25, -0.2) is 0 Å². The summed E-state index contributed by atoms with van der Waals surface area (Å²) >= 11 is 1.62. The Hall–Kier alpha value is -2.01. The van der Waals surface area contributed by atoms with Crippen molar-refractivity contribution in [2.24, 2.45) is 5.92 Å². The number of carboxylic acids is 1. The molecule has 1 saturated heterocycles. The van der Waals surface area contributed by atoms with Gasteiger partial charge in [-0.1, -0.05) is 6.07 Å². The van der Waals surface area contributed by atoms with E-state index < -0.39 is 5.97 Å². The molecule has 0 saturated carbocycles. The molecule has 1 aromatic carbocycles. The Morgan fingerprint density at radius 1 is 1.33 bits per heavy atom. The van der Waals surface area contributed by atoms with Crippen LogP contribution in [0.25, 0.3) is 0 Å². The van der Waals surface area contributed by atoms with Crippen molar-refractivity contribution in [3.8, 4) is 5.75 Å². The van der Waals surface area contributed by atoms with Crippen LogP contribution in [-0.2, 0) is 4.79 Å². The van der Waals surface area contributed by atoms with Gasteiger partial charge < -0.3 is 14.7 Å². The molecule has 2 aromatic rings. The van der Waals surface area contributed by atoms with Crippen LogP contribution < -0.4 is 9.64 Å².